The van der Waals surface area contributed by atoms with E-state index in [1.165, 1.54) is 6.33 Å². The second kappa shape index (κ2) is 3.57. The average Bonchev–Trinajstić information content (AvgIpc) is 2.19. The van der Waals surface area contributed by atoms with Crippen LogP contribution in [0.5, 0.6) is 0 Å². The fourth-order valence-electron chi connectivity index (χ4n) is 0.913. The van der Waals surface area contributed by atoms with Gasteiger partial charge < -0.3 is 0 Å². The van der Waals surface area contributed by atoms with Crippen LogP contribution in [0.25, 0.3) is 11.3 Å². The lowest BCUT2D eigenvalue weighted by molar-refractivity contribution is 1.13. The third-order valence-corrected chi connectivity index (χ3v) is 1.84. The van der Waals surface area contributed by atoms with Crippen LogP contribution in [0.4, 0.5) is 0 Å². The van der Waals surface area contributed by atoms with Crippen molar-refractivity contribution in [2.24, 2.45) is 0 Å². The Labute approximate surface area is 83.2 Å². The van der Waals surface area contributed by atoms with E-state index in [-0.39, 0.29) is 0 Å². The summed E-state index contributed by atoms with van der Waals surface area (Å²) in [7, 11) is 0. The molecular weight excluding hydrogens is 232 g/mol. The minimum absolute atomic E-state index is 0.703. The molecule has 0 aliphatic rings. The monoisotopic (exact) mass is 236 g/mol. The van der Waals surface area contributed by atoms with Gasteiger partial charge in [-0.2, -0.15) is 0 Å². The molecule has 0 aliphatic carbocycles. The minimum atomic E-state index is 0.703. The normalized spacial score (nSPS) is 9.92. The zero-order chi connectivity index (χ0) is 9.10. The van der Waals surface area contributed by atoms with E-state index in [2.05, 4.69) is 35.9 Å². The van der Waals surface area contributed by atoms with Crippen molar-refractivity contribution < 1.29 is 0 Å². The van der Waals surface area contributed by atoms with E-state index in [1.807, 2.05) is 0 Å². The second-order valence-corrected chi connectivity index (χ2v) is 3.17. The molecule has 0 aliphatic heterocycles. The van der Waals surface area contributed by atoms with Crippen LogP contribution in [-0.2, 0) is 0 Å². The molecule has 0 spiro atoms. The lowest BCUT2D eigenvalue weighted by atomic mass is 10.2. The molecular formula is C8H5BrN4. The van der Waals surface area contributed by atoms with Crippen LogP contribution >= 0.6 is 15.9 Å². The summed E-state index contributed by atoms with van der Waals surface area (Å²) in [5.74, 6) is 0. The zero-order valence-electron chi connectivity index (χ0n) is 6.55. The molecule has 0 saturated heterocycles. The highest BCUT2D eigenvalue weighted by molar-refractivity contribution is 9.10. The van der Waals surface area contributed by atoms with E-state index in [9.17, 15) is 0 Å². The zero-order valence-corrected chi connectivity index (χ0v) is 8.14. The molecule has 5 heteroatoms. The van der Waals surface area contributed by atoms with Crippen LogP contribution in [0.15, 0.2) is 35.7 Å². The SMILES string of the molecule is Brc1cncc(-c2cncnc2)n1. The molecule has 2 heterocycles. The van der Waals surface area contributed by atoms with E-state index in [0.29, 0.717) is 4.60 Å². The van der Waals surface area contributed by atoms with Gasteiger partial charge in [-0.3, -0.25) is 4.98 Å². The Morgan fingerprint density at radius 2 is 1.69 bits per heavy atom. The van der Waals surface area contributed by atoms with Crippen LogP contribution in [0.2, 0.25) is 0 Å². The summed E-state index contributed by atoms with van der Waals surface area (Å²) in [5.41, 5.74) is 1.62. The van der Waals surface area contributed by atoms with Gasteiger partial charge in [-0.25, -0.2) is 15.0 Å². The van der Waals surface area contributed by atoms with Crippen molar-refractivity contribution in [1.29, 1.82) is 0 Å². The topological polar surface area (TPSA) is 51.6 Å². The van der Waals surface area contributed by atoms with Crippen LogP contribution in [0.1, 0.15) is 0 Å². The molecule has 2 rings (SSSR count). The first-order valence-corrected chi connectivity index (χ1v) is 4.38. The number of nitrogens with zero attached hydrogens (tertiary/aromatic N) is 4. The van der Waals surface area contributed by atoms with Crippen LogP contribution in [-0.4, -0.2) is 19.9 Å². The molecule has 0 aromatic carbocycles. The lowest BCUT2D eigenvalue weighted by Crippen LogP contribution is -1.87. The molecule has 0 amide bonds. The highest BCUT2D eigenvalue weighted by Gasteiger charge is 1.99. The maximum absolute atomic E-state index is 4.22. The molecule has 2 aromatic rings. The quantitative estimate of drug-likeness (QED) is 0.757. The Balaban J connectivity index is 2.48. The van der Waals surface area contributed by atoms with Crippen LogP contribution in [0, 0.1) is 0 Å². The standard InChI is InChI=1S/C8H5BrN4/c9-8-4-10-3-7(13-8)6-1-11-5-12-2-6/h1-5H. The van der Waals surface area contributed by atoms with Crippen molar-refractivity contribution in [3.05, 3.63) is 35.7 Å². The molecule has 0 atom stereocenters. The summed E-state index contributed by atoms with van der Waals surface area (Å²) in [6.45, 7) is 0. The van der Waals surface area contributed by atoms with Crippen LogP contribution < -0.4 is 0 Å². The number of halogens is 1. The van der Waals surface area contributed by atoms with Gasteiger partial charge in [0.25, 0.3) is 0 Å². The number of rotatable bonds is 1. The Hall–Kier alpha value is -1.36. The Bertz CT molecular complexity index is 404. The summed E-state index contributed by atoms with van der Waals surface area (Å²) < 4.78 is 0.703. The highest BCUT2D eigenvalue weighted by atomic mass is 79.9. The van der Waals surface area contributed by atoms with E-state index in [1.54, 1.807) is 24.8 Å². The van der Waals surface area contributed by atoms with Crippen molar-refractivity contribution in [2.45, 2.75) is 0 Å². The summed E-state index contributed by atoms with van der Waals surface area (Å²) in [6.07, 6.45) is 8.18. The molecule has 64 valence electrons. The van der Waals surface area contributed by atoms with Gasteiger partial charge in [0, 0.05) is 18.0 Å². The van der Waals surface area contributed by atoms with Gasteiger partial charge in [0.05, 0.1) is 18.1 Å². The molecule has 4 nitrogen and oxygen atoms in total. The molecule has 13 heavy (non-hydrogen) atoms. The first-order chi connectivity index (χ1) is 6.36. The smallest absolute Gasteiger partial charge is 0.125 e. The fraction of sp³-hybridized carbons (Fsp3) is 0. The minimum Gasteiger partial charge on any atom is -0.260 e. The van der Waals surface area contributed by atoms with Gasteiger partial charge in [0.2, 0.25) is 0 Å². The van der Waals surface area contributed by atoms with Gasteiger partial charge in [0.1, 0.15) is 10.9 Å². The van der Waals surface area contributed by atoms with Crippen molar-refractivity contribution in [2.75, 3.05) is 0 Å². The molecule has 0 fully saturated rings. The van der Waals surface area contributed by atoms with Gasteiger partial charge in [-0.1, -0.05) is 0 Å². The predicted molar refractivity (Wildman–Crippen MR) is 50.8 cm³/mol. The lowest BCUT2D eigenvalue weighted by Gasteiger charge is -1.97. The predicted octanol–water partition coefficient (Wildman–Crippen LogP) is 1.70. The summed E-state index contributed by atoms with van der Waals surface area (Å²) in [6, 6.07) is 0. The Morgan fingerprint density at radius 3 is 2.38 bits per heavy atom. The molecule has 0 unspecified atom stereocenters. The van der Waals surface area contributed by atoms with E-state index < -0.39 is 0 Å². The molecule has 0 N–H and O–H groups in total. The van der Waals surface area contributed by atoms with Crippen molar-refractivity contribution in [1.82, 2.24) is 19.9 Å². The van der Waals surface area contributed by atoms with E-state index in [4.69, 9.17) is 0 Å². The summed E-state index contributed by atoms with van der Waals surface area (Å²) >= 11 is 3.24. The van der Waals surface area contributed by atoms with Gasteiger partial charge in [0.15, 0.2) is 0 Å². The molecule has 2 aromatic heterocycles. The van der Waals surface area contributed by atoms with E-state index in [0.717, 1.165) is 11.3 Å². The van der Waals surface area contributed by atoms with Gasteiger partial charge in [-0.05, 0) is 15.9 Å². The third kappa shape index (κ3) is 1.86. The number of hydrogen-bond acceptors (Lipinski definition) is 4. The molecule has 0 bridgehead atoms. The summed E-state index contributed by atoms with van der Waals surface area (Å²) in [4.78, 5) is 16.0. The van der Waals surface area contributed by atoms with Gasteiger partial charge >= 0.3 is 0 Å². The average molecular weight is 237 g/mol. The van der Waals surface area contributed by atoms with E-state index >= 15 is 0 Å². The second-order valence-electron chi connectivity index (χ2n) is 2.35. The molecule has 0 saturated carbocycles. The summed E-state index contributed by atoms with van der Waals surface area (Å²) in [5, 5.41) is 0. The number of aromatic nitrogens is 4. The van der Waals surface area contributed by atoms with Crippen molar-refractivity contribution in [3.63, 3.8) is 0 Å². The maximum atomic E-state index is 4.22. The molecule has 0 radical (unpaired) electrons. The van der Waals surface area contributed by atoms with Crippen molar-refractivity contribution >= 4 is 15.9 Å². The first-order valence-electron chi connectivity index (χ1n) is 3.59. The maximum Gasteiger partial charge on any atom is 0.125 e. The number of hydrogen-bond donors (Lipinski definition) is 0. The Morgan fingerprint density at radius 1 is 0.923 bits per heavy atom. The first kappa shape index (κ1) is 8.25. The third-order valence-electron chi connectivity index (χ3n) is 1.46. The van der Waals surface area contributed by atoms with Crippen molar-refractivity contribution in [3.8, 4) is 11.3 Å². The van der Waals surface area contributed by atoms with Crippen LogP contribution in [0.3, 0.4) is 0 Å². The van der Waals surface area contributed by atoms with Gasteiger partial charge in [-0.15, -0.1) is 0 Å². The fourth-order valence-corrected chi connectivity index (χ4v) is 1.22. The Kier molecular flexibility index (Phi) is 2.27. The largest absolute Gasteiger partial charge is 0.260 e. The highest BCUT2D eigenvalue weighted by Crippen LogP contribution is 2.14.